The zero-order chi connectivity index (χ0) is 23.9. The van der Waals surface area contributed by atoms with Crippen LogP contribution in [0.1, 0.15) is 20.7 Å². The van der Waals surface area contributed by atoms with Gasteiger partial charge in [-0.1, -0.05) is 58.0 Å². The molecule has 0 aliphatic heterocycles. The van der Waals surface area contributed by atoms with E-state index >= 15 is 0 Å². The molecule has 0 saturated heterocycles. The second-order valence-corrected chi connectivity index (χ2v) is 11.8. The van der Waals surface area contributed by atoms with Crippen LogP contribution in [0.3, 0.4) is 0 Å². The molecular weight excluding hydrogens is 690 g/mol. The van der Waals surface area contributed by atoms with Gasteiger partial charge in [-0.2, -0.15) is 0 Å². The molecule has 0 saturated carbocycles. The topological polar surface area (TPSA) is 58.2 Å². The van der Waals surface area contributed by atoms with Crippen LogP contribution < -0.4 is 10.6 Å². The maximum absolute atomic E-state index is 13.0. The fourth-order valence-electron chi connectivity index (χ4n) is 3.07. The number of benzene rings is 4. The Hall–Kier alpha value is -2.02. The molecule has 0 aliphatic rings. The number of hydrogen-bond donors (Lipinski definition) is 2. The smallest absolute Gasteiger partial charge is 0.256 e. The number of hydrogen-bond acceptors (Lipinski definition) is 4. The van der Waals surface area contributed by atoms with Crippen molar-refractivity contribution in [3.8, 4) is 0 Å². The summed E-state index contributed by atoms with van der Waals surface area (Å²) in [7, 11) is 2.91. The van der Waals surface area contributed by atoms with Crippen molar-refractivity contribution in [2.75, 3.05) is 10.6 Å². The molecule has 170 valence electrons. The van der Waals surface area contributed by atoms with Crippen LogP contribution in [0.2, 0.25) is 0 Å². The first-order valence-corrected chi connectivity index (χ1v) is 14.5. The molecule has 4 aromatic carbocycles. The first-order valence-electron chi connectivity index (χ1n) is 10.2. The molecule has 0 spiro atoms. The summed E-state index contributed by atoms with van der Waals surface area (Å²) in [4.78, 5) is 27.6. The molecule has 4 aromatic rings. The van der Waals surface area contributed by atoms with Crippen molar-refractivity contribution in [1.29, 1.82) is 0 Å². The zero-order valence-corrected chi connectivity index (χ0v) is 23.6. The number of carbonyl (C=O) groups excluding carboxylic acids is 2. The van der Waals surface area contributed by atoms with Gasteiger partial charge in [0.1, 0.15) is 0 Å². The van der Waals surface area contributed by atoms with Crippen LogP contribution in [0.25, 0.3) is 0 Å². The van der Waals surface area contributed by atoms with Crippen molar-refractivity contribution in [3.63, 3.8) is 0 Å². The minimum atomic E-state index is -0.171. The second kappa shape index (κ2) is 12.1. The maximum atomic E-state index is 13.0. The molecule has 8 heteroatoms. The van der Waals surface area contributed by atoms with E-state index in [1.165, 1.54) is 21.6 Å². The largest absolute Gasteiger partial charge is 0.322 e. The van der Waals surface area contributed by atoms with Gasteiger partial charge in [0.15, 0.2) is 0 Å². The molecule has 34 heavy (non-hydrogen) atoms. The highest BCUT2D eigenvalue weighted by Crippen LogP contribution is 2.40. The van der Waals surface area contributed by atoms with Gasteiger partial charge >= 0.3 is 0 Å². The van der Waals surface area contributed by atoms with Crippen molar-refractivity contribution in [2.24, 2.45) is 0 Å². The van der Waals surface area contributed by atoms with Crippen molar-refractivity contribution >= 4 is 90.0 Å². The van der Waals surface area contributed by atoms with Crippen molar-refractivity contribution in [3.05, 3.63) is 115 Å². The van der Waals surface area contributed by atoms with E-state index in [1.54, 1.807) is 0 Å². The van der Waals surface area contributed by atoms with Gasteiger partial charge in [0.2, 0.25) is 0 Å². The van der Waals surface area contributed by atoms with Crippen LogP contribution in [0.4, 0.5) is 11.4 Å². The SMILES string of the molecule is O=C(Nc1cccc(I)c1)c1ccccc1SSc1ccccc1C(=O)Nc1cccc(I)c1. The normalized spacial score (nSPS) is 10.5. The average Bonchev–Trinajstić information content (AvgIpc) is 2.83. The highest BCUT2D eigenvalue weighted by molar-refractivity contribution is 14.1. The number of carbonyl (C=O) groups is 2. The second-order valence-electron chi connectivity index (χ2n) is 7.09. The predicted molar refractivity (Wildman–Crippen MR) is 159 cm³/mol. The monoisotopic (exact) mass is 708 g/mol. The van der Waals surface area contributed by atoms with Gasteiger partial charge in [-0.25, -0.2) is 0 Å². The highest BCUT2D eigenvalue weighted by atomic mass is 127. The van der Waals surface area contributed by atoms with Crippen LogP contribution in [-0.4, -0.2) is 11.8 Å². The molecule has 4 rings (SSSR count). The van der Waals surface area contributed by atoms with E-state index in [-0.39, 0.29) is 11.8 Å². The Balaban J connectivity index is 1.49. The summed E-state index contributed by atoms with van der Waals surface area (Å²) in [5, 5.41) is 5.94. The molecular formula is C26H18I2N2O2S2. The fraction of sp³-hybridized carbons (Fsp3) is 0. The molecule has 0 bridgehead atoms. The van der Waals surface area contributed by atoms with Crippen LogP contribution in [0, 0.1) is 7.14 Å². The lowest BCUT2D eigenvalue weighted by molar-refractivity contribution is 0.101. The maximum Gasteiger partial charge on any atom is 0.256 e. The molecule has 2 amide bonds. The lowest BCUT2D eigenvalue weighted by atomic mass is 10.2. The summed E-state index contributed by atoms with van der Waals surface area (Å²) < 4.78 is 2.10. The summed E-state index contributed by atoms with van der Waals surface area (Å²) in [5.74, 6) is -0.342. The number of halogens is 2. The minimum absolute atomic E-state index is 0.171. The third-order valence-corrected chi connectivity index (χ3v) is 8.47. The molecule has 0 unspecified atom stereocenters. The van der Waals surface area contributed by atoms with Gasteiger partial charge in [-0.3, -0.25) is 9.59 Å². The van der Waals surface area contributed by atoms with E-state index in [0.29, 0.717) is 11.1 Å². The van der Waals surface area contributed by atoms with Gasteiger partial charge in [0, 0.05) is 28.3 Å². The number of amides is 2. The van der Waals surface area contributed by atoms with E-state index in [4.69, 9.17) is 0 Å². The predicted octanol–water partition coefficient (Wildman–Crippen LogP) is 8.20. The molecule has 4 nitrogen and oxygen atoms in total. The van der Waals surface area contributed by atoms with E-state index in [0.717, 1.165) is 28.3 Å². The first-order chi connectivity index (χ1) is 16.5. The summed E-state index contributed by atoms with van der Waals surface area (Å²) in [5.41, 5.74) is 2.67. The van der Waals surface area contributed by atoms with Gasteiger partial charge < -0.3 is 10.6 Å². The quantitative estimate of drug-likeness (QED) is 0.150. The van der Waals surface area contributed by atoms with E-state index in [1.807, 2.05) is 97.1 Å². The minimum Gasteiger partial charge on any atom is -0.322 e. The third-order valence-electron chi connectivity index (χ3n) is 4.65. The average molecular weight is 708 g/mol. The molecule has 0 radical (unpaired) electrons. The van der Waals surface area contributed by atoms with Crippen LogP contribution in [0.5, 0.6) is 0 Å². The van der Waals surface area contributed by atoms with Gasteiger partial charge in [0.05, 0.1) is 11.1 Å². The summed E-state index contributed by atoms with van der Waals surface area (Å²) >= 11 is 4.44. The standard InChI is InChI=1S/C26H18I2N2O2S2/c27-17-7-5-9-19(15-17)29-25(31)21-11-1-3-13-23(21)33-34-24-14-4-2-12-22(24)26(32)30-20-10-6-8-18(28)16-20/h1-16H,(H,29,31)(H,30,32). The lowest BCUT2D eigenvalue weighted by Gasteiger charge is -2.12. The van der Waals surface area contributed by atoms with Crippen molar-refractivity contribution < 1.29 is 9.59 Å². The zero-order valence-electron chi connectivity index (χ0n) is 17.6. The first kappa shape index (κ1) is 25.1. The highest BCUT2D eigenvalue weighted by Gasteiger charge is 2.16. The van der Waals surface area contributed by atoms with Crippen LogP contribution in [0.15, 0.2) is 107 Å². The Morgan fingerprint density at radius 3 is 1.38 bits per heavy atom. The Morgan fingerprint density at radius 2 is 0.971 bits per heavy atom. The van der Waals surface area contributed by atoms with E-state index < -0.39 is 0 Å². The summed E-state index contributed by atoms with van der Waals surface area (Å²) in [6.45, 7) is 0. The number of nitrogens with one attached hydrogen (secondary N) is 2. The van der Waals surface area contributed by atoms with Crippen molar-refractivity contribution in [2.45, 2.75) is 9.79 Å². The van der Waals surface area contributed by atoms with Gasteiger partial charge in [-0.05, 0) is 106 Å². The van der Waals surface area contributed by atoms with Gasteiger partial charge in [-0.15, -0.1) is 0 Å². The molecule has 2 N–H and O–H groups in total. The van der Waals surface area contributed by atoms with Crippen LogP contribution >= 0.6 is 66.8 Å². The van der Waals surface area contributed by atoms with E-state index in [9.17, 15) is 9.59 Å². The molecule has 0 aromatic heterocycles. The molecule has 0 atom stereocenters. The van der Waals surface area contributed by atoms with Gasteiger partial charge in [0.25, 0.3) is 11.8 Å². The fourth-order valence-corrected chi connectivity index (χ4v) is 6.52. The third kappa shape index (κ3) is 6.77. The number of anilines is 2. The Bertz CT molecular complexity index is 1240. The van der Waals surface area contributed by atoms with Crippen LogP contribution in [-0.2, 0) is 0 Å². The summed E-state index contributed by atoms with van der Waals surface area (Å²) in [6, 6.07) is 30.3. The molecule has 0 fully saturated rings. The molecule has 0 aliphatic carbocycles. The number of rotatable bonds is 7. The Labute approximate surface area is 233 Å². The summed E-state index contributed by atoms with van der Waals surface area (Å²) in [6.07, 6.45) is 0. The van der Waals surface area contributed by atoms with E-state index in [2.05, 4.69) is 55.8 Å². The Morgan fingerprint density at radius 1 is 0.559 bits per heavy atom. The Kier molecular flexibility index (Phi) is 8.92. The van der Waals surface area contributed by atoms with Crippen molar-refractivity contribution in [1.82, 2.24) is 0 Å². The lowest BCUT2D eigenvalue weighted by Crippen LogP contribution is -2.13. The molecule has 0 heterocycles.